The molecular formula is C16H15FIN5O. The molecule has 0 spiro atoms. The molecule has 1 aliphatic rings. The largest absolute Gasteiger partial charge is 0.358 e. The third-order valence-electron chi connectivity index (χ3n) is 3.97. The van der Waals surface area contributed by atoms with Crippen LogP contribution in [0.2, 0.25) is 0 Å². The number of hydrogen-bond acceptors (Lipinski definition) is 5. The van der Waals surface area contributed by atoms with Gasteiger partial charge in [0.25, 0.3) is 0 Å². The molecule has 4 rings (SSSR count). The molecule has 6 nitrogen and oxygen atoms in total. The van der Waals surface area contributed by atoms with Crippen LogP contribution in [0.5, 0.6) is 0 Å². The highest BCUT2D eigenvalue weighted by Crippen LogP contribution is 2.29. The van der Waals surface area contributed by atoms with Gasteiger partial charge in [0.1, 0.15) is 12.0 Å². The summed E-state index contributed by atoms with van der Waals surface area (Å²) in [5.41, 5.74) is 2.16. The molecule has 1 aromatic carbocycles. The van der Waals surface area contributed by atoms with E-state index in [0.717, 1.165) is 37.2 Å². The van der Waals surface area contributed by atoms with E-state index in [1.54, 1.807) is 18.5 Å². The van der Waals surface area contributed by atoms with Gasteiger partial charge >= 0.3 is 0 Å². The number of benzene rings is 1. The van der Waals surface area contributed by atoms with Crippen molar-refractivity contribution < 1.29 is 9.13 Å². The number of fused-ring (bicyclic) bond motifs is 1. The molecule has 0 saturated carbocycles. The lowest BCUT2D eigenvalue weighted by molar-refractivity contribution is -0.0298. The first-order valence-corrected chi connectivity index (χ1v) is 8.83. The van der Waals surface area contributed by atoms with Gasteiger partial charge in [-0.3, -0.25) is 4.57 Å². The maximum absolute atomic E-state index is 13.1. The van der Waals surface area contributed by atoms with Crippen LogP contribution in [0.1, 0.15) is 25.5 Å². The number of ether oxygens (including phenoxy) is 1. The Bertz CT molecular complexity index is 861. The van der Waals surface area contributed by atoms with Crippen molar-refractivity contribution in [2.24, 2.45) is 0 Å². The van der Waals surface area contributed by atoms with Gasteiger partial charge in [0.2, 0.25) is 0 Å². The summed E-state index contributed by atoms with van der Waals surface area (Å²) in [6.07, 6.45) is 4.89. The predicted molar refractivity (Wildman–Crippen MR) is 96.6 cm³/mol. The van der Waals surface area contributed by atoms with E-state index in [-0.39, 0.29) is 12.0 Å². The van der Waals surface area contributed by atoms with Crippen LogP contribution < -0.4 is 5.32 Å². The topological polar surface area (TPSA) is 64.9 Å². The zero-order valence-electron chi connectivity index (χ0n) is 12.7. The summed E-state index contributed by atoms with van der Waals surface area (Å²) in [7, 11) is 0. The van der Waals surface area contributed by atoms with Crippen molar-refractivity contribution >= 4 is 45.3 Å². The van der Waals surface area contributed by atoms with Gasteiger partial charge in [-0.2, -0.15) is 0 Å². The molecule has 1 aliphatic heterocycles. The van der Waals surface area contributed by atoms with Crippen LogP contribution in [0.3, 0.4) is 0 Å². The number of rotatable bonds is 3. The Morgan fingerprint density at radius 2 is 2.04 bits per heavy atom. The Hall–Kier alpha value is -1.81. The van der Waals surface area contributed by atoms with E-state index in [9.17, 15) is 4.39 Å². The first kappa shape index (κ1) is 15.7. The van der Waals surface area contributed by atoms with E-state index in [0.29, 0.717) is 15.2 Å². The molecule has 0 aliphatic carbocycles. The van der Waals surface area contributed by atoms with Crippen molar-refractivity contribution in [2.45, 2.75) is 25.5 Å². The van der Waals surface area contributed by atoms with Gasteiger partial charge in [-0.05, 0) is 43.5 Å². The molecule has 2 aromatic heterocycles. The van der Waals surface area contributed by atoms with Gasteiger partial charge in [-0.15, -0.1) is 0 Å². The number of anilines is 2. The second-order valence-electron chi connectivity index (χ2n) is 5.62. The van der Waals surface area contributed by atoms with Gasteiger partial charge in [-0.25, -0.2) is 19.3 Å². The molecule has 0 amide bonds. The summed E-state index contributed by atoms with van der Waals surface area (Å²) in [5, 5.41) is 3.19. The first-order valence-electron chi connectivity index (χ1n) is 7.75. The van der Waals surface area contributed by atoms with Crippen LogP contribution in [0, 0.1) is 9.65 Å². The van der Waals surface area contributed by atoms with Crippen molar-refractivity contribution in [2.75, 3.05) is 11.9 Å². The summed E-state index contributed by atoms with van der Waals surface area (Å²) in [5.74, 6) is 0.326. The second kappa shape index (κ2) is 6.60. The van der Waals surface area contributed by atoms with E-state index in [1.165, 1.54) is 12.1 Å². The minimum atomic E-state index is -0.276. The van der Waals surface area contributed by atoms with Gasteiger partial charge in [0.15, 0.2) is 20.8 Å². The molecule has 3 heterocycles. The fraction of sp³-hybridized carbons (Fsp3) is 0.312. The highest BCUT2D eigenvalue weighted by atomic mass is 127. The summed E-state index contributed by atoms with van der Waals surface area (Å²) in [4.78, 5) is 13.4. The Morgan fingerprint density at radius 1 is 1.21 bits per heavy atom. The molecule has 1 fully saturated rings. The Balaban J connectivity index is 1.73. The lowest BCUT2D eigenvalue weighted by Gasteiger charge is -2.23. The highest BCUT2D eigenvalue weighted by molar-refractivity contribution is 14.1. The fourth-order valence-corrected chi connectivity index (χ4v) is 3.27. The molecule has 1 unspecified atom stereocenters. The normalized spacial score (nSPS) is 18.0. The number of hydrogen-bond donors (Lipinski definition) is 1. The maximum atomic E-state index is 13.1. The number of nitrogens with zero attached hydrogens (tertiary/aromatic N) is 4. The van der Waals surface area contributed by atoms with Crippen molar-refractivity contribution in [1.29, 1.82) is 0 Å². The van der Waals surface area contributed by atoms with Crippen LogP contribution in [0.4, 0.5) is 15.9 Å². The van der Waals surface area contributed by atoms with Gasteiger partial charge < -0.3 is 10.1 Å². The minimum absolute atomic E-state index is 0.0341. The molecule has 24 heavy (non-hydrogen) atoms. The summed E-state index contributed by atoms with van der Waals surface area (Å²) in [6.45, 7) is 0.757. The molecule has 0 radical (unpaired) electrons. The molecule has 1 N–H and O–H groups in total. The van der Waals surface area contributed by atoms with E-state index >= 15 is 0 Å². The lowest BCUT2D eigenvalue weighted by Crippen LogP contribution is -2.18. The van der Waals surface area contributed by atoms with Crippen LogP contribution in [-0.4, -0.2) is 26.1 Å². The van der Waals surface area contributed by atoms with Gasteiger partial charge in [0, 0.05) is 34.9 Å². The standard InChI is InChI=1S/C16H15FIN5O/c17-10-4-6-11(7-5-10)20-14-13-15(22-16(18)21-14)23(9-19-13)12-3-1-2-8-24-12/h4-7,9,12H,1-3,8H2,(H,20,21,22). The van der Waals surface area contributed by atoms with Crippen molar-refractivity contribution in [1.82, 2.24) is 19.5 Å². The maximum Gasteiger partial charge on any atom is 0.194 e. The number of aromatic nitrogens is 4. The van der Waals surface area contributed by atoms with E-state index in [2.05, 4.69) is 42.9 Å². The van der Waals surface area contributed by atoms with Crippen molar-refractivity contribution in [3.8, 4) is 0 Å². The van der Waals surface area contributed by atoms with E-state index < -0.39 is 0 Å². The first-order chi connectivity index (χ1) is 11.7. The highest BCUT2D eigenvalue weighted by Gasteiger charge is 2.21. The van der Waals surface area contributed by atoms with Crippen LogP contribution in [-0.2, 0) is 4.74 Å². The molecule has 1 saturated heterocycles. The number of nitrogens with one attached hydrogen (secondary N) is 1. The third-order valence-corrected chi connectivity index (χ3v) is 4.45. The second-order valence-corrected chi connectivity index (χ2v) is 6.58. The van der Waals surface area contributed by atoms with Gasteiger partial charge in [0.05, 0.1) is 6.33 Å². The van der Waals surface area contributed by atoms with Crippen LogP contribution >= 0.6 is 22.6 Å². The molecule has 124 valence electrons. The average molecular weight is 439 g/mol. The minimum Gasteiger partial charge on any atom is -0.358 e. The van der Waals surface area contributed by atoms with E-state index in [1.807, 2.05) is 4.57 Å². The zero-order chi connectivity index (χ0) is 16.5. The Kier molecular flexibility index (Phi) is 4.31. The quantitative estimate of drug-likeness (QED) is 0.494. The van der Waals surface area contributed by atoms with Gasteiger partial charge in [-0.1, -0.05) is 0 Å². The van der Waals surface area contributed by atoms with Crippen molar-refractivity contribution in [3.05, 3.63) is 40.2 Å². The lowest BCUT2D eigenvalue weighted by atomic mass is 10.2. The fourth-order valence-electron chi connectivity index (χ4n) is 2.80. The molecule has 1 atom stereocenters. The Labute approximate surface area is 151 Å². The van der Waals surface area contributed by atoms with Crippen molar-refractivity contribution in [3.63, 3.8) is 0 Å². The summed E-state index contributed by atoms with van der Waals surface area (Å²) >= 11 is 2.08. The van der Waals surface area contributed by atoms with E-state index in [4.69, 9.17) is 4.74 Å². The molecular weight excluding hydrogens is 424 g/mol. The third kappa shape index (κ3) is 3.07. The average Bonchev–Trinajstić information content (AvgIpc) is 3.01. The van der Waals surface area contributed by atoms with Crippen LogP contribution in [0.25, 0.3) is 11.2 Å². The SMILES string of the molecule is Fc1ccc(Nc2nc(I)nc3c2ncn3C2CCCCO2)cc1. The van der Waals surface area contributed by atoms with Crippen LogP contribution in [0.15, 0.2) is 30.6 Å². The number of halogens is 2. The summed E-state index contributed by atoms with van der Waals surface area (Å²) in [6, 6.07) is 6.13. The smallest absolute Gasteiger partial charge is 0.194 e. The molecule has 3 aromatic rings. The Morgan fingerprint density at radius 3 is 2.79 bits per heavy atom. The summed E-state index contributed by atoms with van der Waals surface area (Å²) < 4.78 is 21.5. The molecule has 0 bridgehead atoms. The zero-order valence-corrected chi connectivity index (χ0v) is 14.9. The molecule has 8 heteroatoms. The monoisotopic (exact) mass is 439 g/mol. The number of imidazole rings is 1. The predicted octanol–water partition coefficient (Wildman–Crippen LogP) is 4.01.